The van der Waals surface area contributed by atoms with Crippen molar-refractivity contribution in [3.8, 4) is 11.8 Å². The molecule has 124 valence electrons. The second-order valence-electron chi connectivity index (χ2n) is 5.41. The molecule has 0 aliphatic heterocycles. The summed E-state index contributed by atoms with van der Waals surface area (Å²) in [5.74, 6) is -0.532. The summed E-state index contributed by atoms with van der Waals surface area (Å²) in [6.07, 6.45) is 2.39. The van der Waals surface area contributed by atoms with Gasteiger partial charge >= 0.3 is 5.97 Å². The van der Waals surface area contributed by atoms with Gasteiger partial charge in [-0.1, -0.05) is 19.8 Å². The van der Waals surface area contributed by atoms with Crippen LogP contribution in [0.2, 0.25) is 0 Å². The highest BCUT2D eigenvalue weighted by molar-refractivity contribution is 5.98. The number of methoxy groups -OCH3 is 1. The van der Waals surface area contributed by atoms with Crippen molar-refractivity contribution in [3.63, 3.8) is 0 Å². The third-order valence-corrected chi connectivity index (χ3v) is 3.56. The Balaban J connectivity index is 2.97. The molecule has 0 aromatic heterocycles. The van der Waals surface area contributed by atoms with Gasteiger partial charge in [0, 0.05) is 20.1 Å². The van der Waals surface area contributed by atoms with Crippen molar-refractivity contribution in [1.82, 2.24) is 0 Å². The minimum atomic E-state index is -0.961. The van der Waals surface area contributed by atoms with E-state index in [4.69, 9.17) is 9.47 Å². The van der Waals surface area contributed by atoms with Crippen LogP contribution < -0.4 is 10.1 Å². The number of carbonyl (C=O) groups is 2. The van der Waals surface area contributed by atoms with Gasteiger partial charge < -0.3 is 14.8 Å². The van der Waals surface area contributed by atoms with Gasteiger partial charge in [-0.05, 0) is 25.5 Å². The minimum absolute atomic E-state index is 0.214. The van der Waals surface area contributed by atoms with Crippen LogP contribution in [0.5, 0.6) is 5.75 Å². The van der Waals surface area contributed by atoms with Crippen LogP contribution in [0, 0.1) is 11.3 Å². The van der Waals surface area contributed by atoms with Gasteiger partial charge in [-0.15, -0.1) is 0 Å². The highest BCUT2D eigenvalue weighted by Gasteiger charge is 2.32. The summed E-state index contributed by atoms with van der Waals surface area (Å²) in [5, 5.41) is 11.9. The second-order valence-corrected chi connectivity index (χ2v) is 5.41. The molecule has 0 aliphatic carbocycles. The molecule has 0 unspecified atom stereocenters. The number of anilines is 1. The molecule has 1 aromatic carbocycles. The molecular formula is C17H22N2O4. The van der Waals surface area contributed by atoms with Gasteiger partial charge in [-0.3, -0.25) is 9.59 Å². The monoisotopic (exact) mass is 318 g/mol. The fourth-order valence-electron chi connectivity index (χ4n) is 2.03. The second kappa shape index (κ2) is 8.30. The molecule has 0 fully saturated rings. The molecule has 6 heteroatoms. The van der Waals surface area contributed by atoms with Crippen molar-refractivity contribution < 1.29 is 19.1 Å². The van der Waals surface area contributed by atoms with E-state index in [0.29, 0.717) is 12.1 Å². The Bertz CT molecular complexity index is 622. The number of hydrogen-bond acceptors (Lipinski definition) is 5. The van der Waals surface area contributed by atoms with Crippen LogP contribution in [0.25, 0.3) is 0 Å². The average molecular weight is 318 g/mol. The number of nitrogens with one attached hydrogen (secondary N) is 1. The van der Waals surface area contributed by atoms with Gasteiger partial charge in [0.15, 0.2) is 0 Å². The van der Waals surface area contributed by atoms with E-state index < -0.39 is 11.6 Å². The molecule has 0 bridgehead atoms. The third-order valence-electron chi connectivity index (χ3n) is 3.56. The molecule has 6 nitrogen and oxygen atoms in total. The quantitative estimate of drug-likeness (QED) is 0.616. The maximum absolute atomic E-state index is 12.5. The average Bonchev–Trinajstić information content (AvgIpc) is 2.53. The molecular weight excluding hydrogens is 296 g/mol. The van der Waals surface area contributed by atoms with Crippen LogP contribution in [0.4, 0.5) is 5.69 Å². The number of rotatable bonds is 7. The van der Waals surface area contributed by atoms with Crippen molar-refractivity contribution >= 4 is 17.6 Å². The summed E-state index contributed by atoms with van der Waals surface area (Å²) in [6.45, 7) is 5.03. The van der Waals surface area contributed by atoms with E-state index in [1.54, 1.807) is 6.92 Å². The lowest BCUT2D eigenvalue weighted by molar-refractivity contribution is -0.136. The molecule has 0 radical (unpaired) electrons. The predicted octanol–water partition coefficient (Wildman–Crippen LogP) is 3.02. The summed E-state index contributed by atoms with van der Waals surface area (Å²) >= 11 is 0. The molecule has 1 N–H and O–H groups in total. The first-order valence-electron chi connectivity index (χ1n) is 7.45. The fraction of sp³-hybridized carbons (Fsp3) is 0.471. The molecule has 0 aliphatic rings. The number of esters is 1. The van der Waals surface area contributed by atoms with E-state index in [1.165, 1.54) is 32.2 Å². The molecule has 0 heterocycles. The summed E-state index contributed by atoms with van der Waals surface area (Å²) in [7, 11) is 1.49. The number of nitriles is 1. The van der Waals surface area contributed by atoms with E-state index in [9.17, 15) is 14.9 Å². The fourth-order valence-corrected chi connectivity index (χ4v) is 2.03. The number of nitrogens with zero attached hydrogens (tertiary/aromatic N) is 1. The summed E-state index contributed by atoms with van der Waals surface area (Å²) in [6, 6.07) is 6.44. The predicted molar refractivity (Wildman–Crippen MR) is 86.0 cm³/mol. The van der Waals surface area contributed by atoms with Crippen molar-refractivity contribution in [2.45, 2.75) is 45.6 Å². The normalized spacial score (nSPS) is 12.8. The lowest BCUT2D eigenvalue weighted by Gasteiger charge is -2.27. The number of benzene rings is 1. The Morgan fingerprint density at radius 2 is 2.09 bits per heavy atom. The SMILES string of the molecule is CCCC[C@](C)(OC)C(=O)Nc1ccc(OC(C)=O)cc1C#N. The highest BCUT2D eigenvalue weighted by Crippen LogP contribution is 2.25. The molecule has 1 rings (SSSR count). The molecule has 0 saturated heterocycles. The molecule has 1 amide bonds. The highest BCUT2D eigenvalue weighted by atomic mass is 16.5. The number of ether oxygens (including phenoxy) is 2. The zero-order chi connectivity index (χ0) is 17.5. The maximum Gasteiger partial charge on any atom is 0.308 e. The van der Waals surface area contributed by atoms with Crippen molar-refractivity contribution in [2.75, 3.05) is 12.4 Å². The van der Waals surface area contributed by atoms with Gasteiger partial charge in [0.1, 0.15) is 17.4 Å². The lowest BCUT2D eigenvalue weighted by atomic mass is 9.97. The van der Waals surface area contributed by atoms with Crippen LogP contribution in [0.15, 0.2) is 18.2 Å². The topological polar surface area (TPSA) is 88.4 Å². The standard InChI is InChI=1S/C17H22N2O4/c1-5-6-9-17(3,22-4)16(21)19-15-8-7-14(23-12(2)20)10-13(15)11-18/h7-8,10H,5-6,9H2,1-4H3,(H,19,21)/t17-/m0/s1. The van der Waals surface area contributed by atoms with E-state index >= 15 is 0 Å². The molecule has 23 heavy (non-hydrogen) atoms. The number of carbonyl (C=O) groups excluding carboxylic acids is 2. The van der Waals surface area contributed by atoms with E-state index in [1.807, 2.05) is 13.0 Å². The lowest BCUT2D eigenvalue weighted by Crippen LogP contribution is -2.42. The van der Waals surface area contributed by atoms with E-state index in [-0.39, 0.29) is 17.2 Å². The first kappa shape index (κ1) is 18.7. The molecule has 0 spiro atoms. The van der Waals surface area contributed by atoms with Gasteiger partial charge in [0.05, 0.1) is 11.3 Å². The Kier molecular flexibility index (Phi) is 6.73. The summed E-state index contributed by atoms with van der Waals surface area (Å²) < 4.78 is 10.3. The Hall–Kier alpha value is -2.39. The van der Waals surface area contributed by atoms with Crippen LogP contribution in [0.1, 0.15) is 45.6 Å². The maximum atomic E-state index is 12.5. The Labute approximate surface area is 136 Å². The molecule has 1 atom stereocenters. The minimum Gasteiger partial charge on any atom is -0.427 e. The Morgan fingerprint density at radius 1 is 1.39 bits per heavy atom. The molecule has 0 saturated carbocycles. The zero-order valence-corrected chi connectivity index (χ0v) is 13.9. The van der Waals surface area contributed by atoms with Crippen LogP contribution in [-0.2, 0) is 14.3 Å². The smallest absolute Gasteiger partial charge is 0.308 e. The van der Waals surface area contributed by atoms with Gasteiger partial charge in [-0.25, -0.2) is 0 Å². The largest absolute Gasteiger partial charge is 0.427 e. The number of hydrogen-bond donors (Lipinski definition) is 1. The number of amides is 1. The van der Waals surface area contributed by atoms with E-state index in [2.05, 4.69) is 5.32 Å². The van der Waals surface area contributed by atoms with Gasteiger partial charge in [0.25, 0.3) is 5.91 Å². The summed E-state index contributed by atoms with van der Waals surface area (Å²) in [4.78, 5) is 23.4. The third kappa shape index (κ3) is 5.08. The Morgan fingerprint density at radius 3 is 2.61 bits per heavy atom. The van der Waals surface area contributed by atoms with Gasteiger partial charge in [0.2, 0.25) is 0 Å². The first-order chi connectivity index (χ1) is 10.9. The van der Waals surface area contributed by atoms with Crippen LogP contribution in [0.3, 0.4) is 0 Å². The van der Waals surface area contributed by atoms with E-state index in [0.717, 1.165) is 12.8 Å². The van der Waals surface area contributed by atoms with Crippen molar-refractivity contribution in [2.24, 2.45) is 0 Å². The van der Waals surface area contributed by atoms with Gasteiger partial charge in [-0.2, -0.15) is 5.26 Å². The zero-order valence-electron chi connectivity index (χ0n) is 13.9. The first-order valence-corrected chi connectivity index (χ1v) is 7.45. The summed E-state index contributed by atoms with van der Waals surface area (Å²) in [5.41, 5.74) is -0.392. The van der Waals surface area contributed by atoms with Crippen LogP contribution in [-0.4, -0.2) is 24.6 Å². The molecule has 1 aromatic rings. The van der Waals surface area contributed by atoms with Crippen molar-refractivity contribution in [3.05, 3.63) is 23.8 Å². The number of unbranched alkanes of at least 4 members (excludes halogenated alkanes) is 1. The van der Waals surface area contributed by atoms with Crippen molar-refractivity contribution in [1.29, 1.82) is 5.26 Å². The van der Waals surface area contributed by atoms with Crippen LogP contribution >= 0.6 is 0 Å².